The fraction of sp³-hybridized carbons (Fsp3) is 0.391. The molecule has 0 aliphatic heterocycles. The van der Waals surface area contributed by atoms with Gasteiger partial charge in [0.25, 0.3) is 5.91 Å². The molecule has 1 saturated carbocycles. The highest BCUT2D eigenvalue weighted by Gasteiger charge is 2.20. The molecule has 2 N–H and O–H groups in total. The normalized spacial score (nSPS) is 14.2. The molecule has 6 heteroatoms. The van der Waals surface area contributed by atoms with Crippen LogP contribution in [0.1, 0.15) is 48.0 Å². The largest absolute Gasteiger partial charge is 0.489 e. The second-order valence-electron chi connectivity index (χ2n) is 7.32. The minimum atomic E-state index is -0.289. The van der Waals surface area contributed by atoms with Gasteiger partial charge in [-0.15, -0.1) is 0 Å². The smallest absolute Gasteiger partial charge is 0.251 e. The molecule has 2 amide bonds. The maximum absolute atomic E-state index is 12.9. The standard InChI is InChI=1S/C23H27FN2O3/c24-20-11-9-17(10-12-20)16-29-21-8-4-7-19(15-21)23(28)26-14-13-25-22(27)18-5-2-1-3-6-18/h4,7-12,15,18H,1-3,5-6,13-14,16H2,(H,25,27)(H,26,28). The number of carbonyl (C=O) groups is 2. The Hall–Kier alpha value is -2.89. The van der Waals surface area contributed by atoms with Gasteiger partial charge in [-0.3, -0.25) is 9.59 Å². The van der Waals surface area contributed by atoms with E-state index in [0.717, 1.165) is 31.2 Å². The first-order valence-corrected chi connectivity index (χ1v) is 10.1. The van der Waals surface area contributed by atoms with Crippen LogP contribution in [0.3, 0.4) is 0 Å². The SMILES string of the molecule is O=C(NCCNC(=O)C1CCCCC1)c1cccc(OCc2ccc(F)cc2)c1. The fourth-order valence-corrected chi connectivity index (χ4v) is 3.45. The van der Waals surface area contributed by atoms with Gasteiger partial charge in [-0.25, -0.2) is 4.39 Å². The first kappa shape index (κ1) is 20.8. The van der Waals surface area contributed by atoms with E-state index < -0.39 is 0 Å². The average molecular weight is 398 g/mol. The van der Waals surface area contributed by atoms with Crippen molar-refractivity contribution in [3.8, 4) is 5.75 Å². The molecule has 154 valence electrons. The van der Waals surface area contributed by atoms with Crippen LogP contribution in [0, 0.1) is 11.7 Å². The van der Waals surface area contributed by atoms with E-state index >= 15 is 0 Å². The quantitative estimate of drug-likeness (QED) is 0.664. The van der Waals surface area contributed by atoms with Crippen molar-refractivity contribution in [3.05, 3.63) is 65.5 Å². The Labute approximate surface area is 170 Å². The highest BCUT2D eigenvalue weighted by molar-refractivity contribution is 5.94. The van der Waals surface area contributed by atoms with Gasteiger partial charge in [0.15, 0.2) is 0 Å². The Bertz CT molecular complexity index is 817. The second-order valence-corrected chi connectivity index (χ2v) is 7.32. The van der Waals surface area contributed by atoms with Crippen LogP contribution in [0.15, 0.2) is 48.5 Å². The number of hydrogen-bond donors (Lipinski definition) is 2. The van der Waals surface area contributed by atoms with E-state index in [1.54, 1.807) is 36.4 Å². The Balaban J connectivity index is 1.41. The summed E-state index contributed by atoms with van der Waals surface area (Å²) in [5, 5.41) is 5.72. The lowest BCUT2D eigenvalue weighted by molar-refractivity contribution is -0.125. The van der Waals surface area contributed by atoms with E-state index in [1.165, 1.54) is 18.6 Å². The first-order chi connectivity index (χ1) is 14.1. The van der Waals surface area contributed by atoms with E-state index in [9.17, 15) is 14.0 Å². The van der Waals surface area contributed by atoms with E-state index in [1.807, 2.05) is 0 Å². The number of carbonyl (C=O) groups excluding carboxylic acids is 2. The Morgan fingerprint density at radius 1 is 0.966 bits per heavy atom. The Morgan fingerprint density at radius 2 is 1.69 bits per heavy atom. The summed E-state index contributed by atoms with van der Waals surface area (Å²) in [6, 6.07) is 13.0. The zero-order valence-electron chi connectivity index (χ0n) is 16.5. The van der Waals surface area contributed by atoms with Gasteiger partial charge in [0.2, 0.25) is 5.91 Å². The molecule has 2 aromatic carbocycles. The van der Waals surface area contributed by atoms with Crippen molar-refractivity contribution in [2.45, 2.75) is 38.7 Å². The number of amides is 2. The predicted octanol–water partition coefficient (Wildman–Crippen LogP) is 3.83. The van der Waals surface area contributed by atoms with Gasteiger partial charge in [-0.2, -0.15) is 0 Å². The summed E-state index contributed by atoms with van der Waals surface area (Å²) in [4.78, 5) is 24.4. The molecule has 0 heterocycles. The van der Waals surface area contributed by atoms with Gasteiger partial charge in [0.1, 0.15) is 18.2 Å². The number of hydrogen-bond acceptors (Lipinski definition) is 3. The van der Waals surface area contributed by atoms with Crippen molar-refractivity contribution in [2.75, 3.05) is 13.1 Å². The Kier molecular flexibility index (Phi) is 7.61. The highest BCUT2D eigenvalue weighted by Crippen LogP contribution is 2.23. The summed E-state index contributed by atoms with van der Waals surface area (Å²) < 4.78 is 18.6. The number of ether oxygens (including phenoxy) is 1. The topological polar surface area (TPSA) is 67.4 Å². The molecule has 3 rings (SSSR count). The van der Waals surface area contributed by atoms with Crippen molar-refractivity contribution in [1.29, 1.82) is 0 Å². The molecule has 0 aromatic heterocycles. The second kappa shape index (κ2) is 10.6. The molecular weight excluding hydrogens is 371 g/mol. The summed E-state index contributed by atoms with van der Waals surface area (Å²) in [6.45, 7) is 1.08. The molecule has 29 heavy (non-hydrogen) atoms. The summed E-state index contributed by atoms with van der Waals surface area (Å²) in [6.07, 6.45) is 5.38. The highest BCUT2D eigenvalue weighted by atomic mass is 19.1. The van der Waals surface area contributed by atoms with Crippen molar-refractivity contribution >= 4 is 11.8 Å². The molecule has 0 atom stereocenters. The summed E-state index contributed by atoms with van der Waals surface area (Å²) in [7, 11) is 0. The molecule has 0 radical (unpaired) electrons. The zero-order valence-corrected chi connectivity index (χ0v) is 16.5. The van der Waals surface area contributed by atoms with E-state index in [-0.39, 0.29) is 23.5 Å². The van der Waals surface area contributed by atoms with Crippen molar-refractivity contribution in [3.63, 3.8) is 0 Å². The van der Waals surface area contributed by atoms with E-state index in [4.69, 9.17) is 4.74 Å². The minimum absolute atomic E-state index is 0.0927. The molecule has 1 fully saturated rings. The maximum atomic E-state index is 12.9. The number of halogens is 1. The summed E-state index contributed by atoms with van der Waals surface area (Å²) >= 11 is 0. The van der Waals surface area contributed by atoms with Crippen LogP contribution in [-0.2, 0) is 11.4 Å². The van der Waals surface area contributed by atoms with Crippen LogP contribution in [0.2, 0.25) is 0 Å². The molecular formula is C23H27FN2O3. The third-order valence-electron chi connectivity index (χ3n) is 5.10. The molecule has 1 aliphatic carbocycles. The molecule has 0 bridgehead atoms. The first-order valence-electron chi connectivity index (χ1n) is 10.1. The van der Waals surface area contributed by atoms with Gasteiger partial charge in [0, 0.05) is 24.6 Å². The Morgan fingerprint density at radius 3 is 2.45 bits per heavy atom. The van der Waals surface area contributed by atoms with Crippen LogP contribution in [0.25, 0.3) is 0 Å². The third kappa shape index (κ3) is 6.59. The monoisotopic (exact) mass is 398 g/mol. The number of benzene rings is 2. The van der Waals surface area contributed by atoms with Crippen LogP contribution >= 0.6 is 0 Å². The molecule has 0 spiro atoms. The third-order valence-corrected chi connectivity index (χ3v) is 5.10. The molecule has 5 nitrogen and oxygen atoms in total. The van der Waals surface area contributed by atoms with Crippen LogP contribution < -0.4 is 15.4 Å². The lowest BCUT2D eigenvalue weighted by Gasteiger charge is -2.20. The molecule has 2 aromatic rings. The zero-order chi connectivity index (χ0) is 20.5. The molecule has 0 unspecified atom stereocenters. The van der Waals surface area contributed by atoms with Gasteiger partial charge < -0.3 is 15.4 Å². The van der Waals surface area contributed by atoms with E-state index in [0.29, 0.717) is 31.0 Å². The van der Waals surface area contributed by atoms with Gasteiger partial charge >= 0.3 is 0 Å². The van der Waals surface area contributed by atoms with Gasteiger partial charge in [0.05, 0.1) is 0 Å². The lowest BCUT2D eigenvalue weighted by Crippen LogP contribution is -2.38. The van der Waals surface area contributed by atoms with Crippen molar-refractivity contribution in [1.82, 2.24) is 10.6 Å². The van der Waals surface area contributed by atoms with Crippen LogP contribution in [0.5, 0.6) is 5.75 Å². The lowest BCUT2D eigenvalue weighted by atomic mass is 9.89. The van der Waals surface area contributed by atoms with Gasteiger partial charge in [-0.1, -0.05) is 37.5 Å². The predicted molar refractivity (Wildman–Crippen MR) is 109 cm³/mol. The van der Waals surface area contributed by atoms with Gasteiger partial charge in [-0.05, 0) is 48.7 Å². The maximum Gasteiger partial charge on any atom is 0.251 e. The number of nitrogens with one attached hydrogen (secondary N) is 2. The molecule has 1 aliphatic rings. The number of rotatable bonds is 8. The van der Waals surface area contributed by atoms with Crippen molar-refractivity contribution < 1.29 is 18.7 Å². The molecule has 0 saturated heterocycles. The van der Waals surface area contributed by atoms with Crippen molar-refractivity contribution in [2.24, 2.45) is 5.92 Å². The summed E-state index contributed by atoms with van der Waals surface area (Å²) in [5.41, 5.74) is 1.33. The van der Waals surface area contributed by atoms with Crippen LogP contribution in [0.4, 0.5) is 4.39 Å². The average Bonchev–Trinajstić information content (AvgIpc) is 2.77. The minimum Gasteiger partial charge on any atom is -0.489 e. The van der Waals surface area contributed by atoms with E-state index in [2.05, 4.69) is 10.6 Å². The summed E-state index contributed by atoms with van der Waals surface area (Å²) in [5.74, 6) is 0.267. The fourth-order valence-electron chi connectivity index (χ4n) is 3.45. The van der Waals surface area contributed by atoms with Crippen LogP contribution in [-0.4, -0.2) is 24.9 Å².